The second-order valence-corrected chi connectivity index (χ2v) is 14.2. The second-order valence-electron chi connectivity index (χ2n) is 14.2. The van der Waals surface area contributed by atoms with Crippen LogP contribution in [0.15, 0.2) is 24.3 Å². The van der Waals surface area contributed by atoms with E-state index in [2.05, 4.69) is 26.0 Å². The van der Waals surface area contributed by atoms with Gasteiger partial charge in [-0.1, -0.05) is 12.0 Å². The minimum atomic E-state index is -0.973. The number of ether oxygens (including phenoxy) is 1. The molecule has 2 N–H and O–H groups in total. The van der Waals surface area contributed by atoms with Crippen LogP contribution in [0.25, 0.3) is 32.8 Å². The summed E-state index contributed by atoms with van der Waals surface area (Å²) in [7, 11) is 0. The number of piperazine rings is 1. The van der Waals surface area contributed by atoms with E-state index in [1.54, 1.807) is 0 Å². The summed E-state index contributed by atoms with van der Waals surface area (Å²) < 4.78 is 70.2. The molecule has 0 spiro atoms. The topological polar surface area (TPSA) is 73.8 Å². The summed E-state index contributed by atoms with van der Waals surface area (Å²) in [6, 6.07) is 5.68. The van der Waals surface area contributed by atoms with Gasteiger partial charge in [-0.25, -0.2) is 17.6 Å². The molecule has 0 saturated carbocycles. The molecule has 48 heavy (non-hydrogen) atoms. The molecule has 248 valence electrons. The van der Waals surface area contributed by atoms with E-state index in [1.165, 1.54) is 24.3 Å². The number of hydrogen-bond acceptors (Lipinski definition) is 7. The number of phenols is 1. The van der Waals surface area contributed by atoms with E-state index >= 15 is 13.2 Å². The molecule has 5 atom stereocenters. The zero-order chi connectivity index (χ0) is 32.9. The molecule has 4 aromatic rings. The predicted octanol–water partition coefficient (Wildman–Crippen LogP) is 6.15. The van der Waals surface area contributed by atoms with Crippen LogP contribution in [-0.2, 0) is 6.42 Å². The van der Waals surface area contributed by atoms with Crippen molar-refractivity contribution in [3.05, 3.63) is 52.8 Å². The number of rotatable bonds is 4. The number of halogens is 4. The number of anilines is 1. The molecule has 7 nitrogen and oxygen atoms in total. The molecule has 2 bridgehead atoms. The molecule has 6 heterocycles. The molecule has 0 radical (unpaired) electrons. The molecule has 9 rings (SSSR count). The first kappa shape index (κ1) is 30.0. The highest BCUT2D eigenvalue weighted by atomic mass is 19.1. The van der Waals surface area contributed by atoms with Crippen molar-refractivity contribution in [3.8, 4) is 35.2 Å². The lowest BCUT2D eigenvalue weighted by atomic mass is 9.87. The van der Waals surface area contributed by atoms with Crippen LogP contribution in [0.2, 0.25) is 0 Å². The molecule has 1 unspecified atom stereocenters. The Hall–Kier alpha value is -4.14. The van der Waals surface area contributed by atoms with Crippen LogP contribution >= 0.6 is 0 Å². The van der Waals surface area contributed by atoms with Gasteiger partial charge in [-0.3, -0.25) is 4.90 Å². The van der Waals surface area contributed by atoms with Crippen molar-refractivity contribution in [2.45, 2.75) is 81.2 Å². The van der Waals surface area contributed by atoms with Gasteiger partial charge in [0.25, 0.3) is 0 Å². The van der Waals surface area contributed by atoms with E-state index in [9.17, 15) is 9.50 Å². The lowest BCUT2D eigenvalue weighted by molar-refractivity contribution is 0.107. The average molecular weight is 658 g/mol. The summed E-state index contributed by atoms with van der Waals surface area (Å²) in [6.07, 6.45) is 10.6. The summed E-state index contributed by atoms with van der Waals surface area (Å²) in [5.41, 5.74) is -0.983. The third-order valence-corrected chi connectivity index (χ3v) is 11.5. The molecule has 0 aliphatic carbocycles. The van der Waals surface area contributed by atoms with Gasteiger partial charge < -0.3 is 20.1 Å². The van der Waals surface area contributed by atoms with Crippen LogP contribution in [0.5, 0.6) is 11.8 Å². The number of aromatic hydroxyl groups is 1. The molecule has 11 heteroatoms. The molecule has 5 aliphatic rings. The minimum absolute atomic E-state index is 0.0511. The van der Waals surface area contributed by atoms with Crippen LogP contribution in [0.4, 0.5) is 23.4 Å². The monoisotopic (exact) mass is 657 g/mol. The van der Waals surface area contributed by atoms with E-state index in [4.69, 9.17) is 16.1 Å². The van der Waals surface area contributed by atoms with Crippen molar-refractivity contribution in [1.82, 2.24) is 20.2 Å². The van der Waals surface area contributed by atoms with Crippen LogP contribution in [0.1, 0.15) is 56.1 Å². The number of hydrogen-bond donors (Lipinski definition) is 2. The predicted molar refractivity (Wildman–Crippen MR) is 175 cm³/mol. The Morgan fingerprint density at radius 2 is 1.94 bits per heavy atom. The SMILES string of the molecule is C#Cc1c(F)ccc2cc(O)cc(-c3c(F)c4c5c(nc(OC[C@@]67CCCN6C[C@H](F)C7)nc5c3F)N3CC5CC[C@H](N5)[C@H]3CCC4)c12. The lowest BCUT2D eigenvalue weighted by Gasteiger charge is -2.43. The third kappa shape index (κ3) is 4.41. The van der Waals surface area contributed by atoms with Crippen LogP contribution in [0.3, 0.4) is 0 Å². The highest BCUT2D eigenvalue weighted by molar-refractivity contribution is 6.05. The number of phenolic OH excluding ortho intramolecular Hbond substituents is 1. The van der Waals surface area contributed by atoms with Gasteiger partial charge in [0.05, 0.1) is 22.1 Å². The second kappa shape index (κ2) is 10.9. The smallest absolute Gasteiger partial charge is 0.319 e. The minimum Gasteiger partial charge on any atom is -0.508 e. The maximum Gasteiger partial charge on any atom is 0.319 e. The largest absolute Gasteiger partial charge is 0.508 e. The normalized spacial score (nSPS) is 27.9. The molecule has 4 fully saturated rings. The number of alkyl halides is 1. The number of benzene rings is 3. The van der Waals surface area contributed by atoms with Crippen molar-refractivity contribution < 1.29 is 27.4 Å². The Labute approximate surface area is 275 Å². The van der Waals surface area contributed by atoms with Gasteiger partial charge in [-0.2, -0.15) is 9.97 Å². The van der Waals surface area contributed by atoms with Crippen LogP contribution in [0, 0.1) is 29.8 Å². The molecule has 3 aromatic carbocycles. The summed E-state index contributed by atoms with van der Waals surface area (Å²) in [4.78, 5) is 13.8. The van der Waals surface area contributed by atoms with Gasteiger partial charge in [-0.05, 0) is 75.1 Å². The van der Waals surface area contributed by atoms with Gasteiger partial charge >= 0.3 is 6.01 Å². The lowest BCUT2D eigenvalue weighted by Crippen LogP contribution is -2.58. The standard InChI is InChI=1S/C37H35F4N5O2/c1-2-23-26(39)9-7-19-13-22(47)14-25(29(19)23)30-32(40)24-5-3-6-28-27-10-8-21(42-27)17-46(28)35-31(24)34(33(30)41)43-36(44-35)48-18-37-11-4-12-45(37)16-20(38)15-37/h1,7,9,13-14,20-21,27-28,42,47H,3-6,8,10-12,15-18H2/t20-,21?,27+,28-,37+/m1/s1. The molecule has 4 saturated heterocycles. The average Bonchev–Trinajstić information content (AvgIpc) is 3.73. The molecular formula is C37H35F4N5O2. The Morgan fingerprint density at radius 3 is 2.79 bits per heavy atom. The van der Waals surface area contributed by atoms with E-state index in [0.29, 0.717) is 48.9 Å². The van der Waals surface area contributed by atoms with Crippen molar-refractivity contribution in [2.24, 2.45) is 0 Å². The highest BCUT2D eigenvalue weighted by Gasteiger charge is 2.50. The quantitative estimate of drug-likeness (QED) is 0.201. The van der Waals surface area contributed by atoms with E-state index in [-0.39, 0.29) is 64.1 Å². The number of terminal acetylenes is 1. The van der Waals surface area contributed by atoms with Gasteiger partial charge in [0.1, 0.15) is 41.5 Å². The van der Waals surface area contributed by atoms with Crippen molar-refractivity contribution >= 4 is 27.5 Å². The van der Waals surface area contributed by atoms with E-state index in [1.807, 2.05) is 0 Å². The van der Waals surface area contributed by atoms with Crippen molar-refractivity contribution in [2.75, 3.05) is 31.1 Å². The first-order chi connectivity index (χ1) is 23.2. The zero-order valence-electron chi connectivity index (χ0n) is 26.3. The summed E-state index contributed by atoms with van der Waals surface area (Å²) in [6.45, 7) is 1.92. The zero-order valence-corrected chi connectivity index (χ0v) is 26.3. The number of nitrogens with one attached hydrogen (secondary N) is 1. The van der Waals surface area contributed by atoms with Crippen molar-refractivity contribution in [1.29, 1.82) is 0 Å². The third-order valence-electron chi connectivity index (χ3n) is 11.5. The first-order valence-electron chi connectivity index (χ1n) is 16.9. The van der Waals surface area contributed by atoms with Crippen molar-refractivity contribution in [3.63, 3.8) is 0 Å². The maximum absolute atomic E-state index is 17.2. The fourth-order valence-corrected chi connectivity index (χ4v) is 9.47. The Bertz CT molecular complexity index is 2050. The number of aryl methyl sites for hydroxylation is 1. The Morgan fingerprint density at radius 1 is 1.06 bits per heavy atom. The Balaban J connectivity index is 1.28. The summed E-state index contributed by atoms with van der Waals surface area (Å²) >= 11 is 0. The fraction of sp³-hybridized carbons (Fsp3) is 0.459. The van der Waals surface area contributed by atoms with Crippen LogP contribution in [-0.4, -0.2) is 76.1 Å². The molecular weight excluding hydrogens is 622 g/mol. The Kier molecular flexibility index (Phi) is 6.83. The van der Waals surface area contributed by atoms with Crippen LogP contribution < -0.4 is 15.0 Å². The van der Waals surface area contributed by atoms with Gasteiger partial charge in [-0.15, -0.1) is 6.42 Å². The highest BCUT2D eigenvalue weighted by Crippen LogP contribution is 2.46. The number of aromatic nitrogens is 2. The van der Waals surface area contributed by atoms with E-state index in [0.717, 1.165) is 38.6 Å². The van der Waals surface area contributed by atoms with Gasteiger partial charge in [0, 0.05) is 54.1 Å². The molecule has 5 aliphatic heterocycles. The van der Waals surface area contributed by atoms with Gasteiger partial charge in [0.2, 0.25) is 0 Å². The van der Waals surface area contributed by atoms with E-state index < -0.39 is 34.7 Å². The number of fused-ring (bicyclic) bond motifs is 7. The summed E-state index contributed by atoms with van der Waals surface area (Å²) in [5.74, 6) is 0.0311. The maximum atomic E-state index is 17.2. The first-order valence-corrected chi connectivity index (χ1v) is 16.9. The molecule has 0 amide bonds. The molecule has 1 aromatic heterocycles. The van der Waals surface area contributed by atoms with Gasteiger partial charge in [0.15, 0.2) is 5.82 Å². The fourth-order valence-electron chi connectivity index (χ4n) is 9.47. The number of nitrogens with zero attached hydrogens (tertiary/aromatic N) is 4. The summed E-state index contributed by atoms with van der Waals surface area (Å²) in [5, 5.41) is 15.2.